The number of para-hydroxylation sites is 1. The van der Waals surface area contributed by atoms with E-state index in [1.807, 2.05) is 6.07 Å². The molecule has 1 saturated heterocycles. The van der Waals surface area contributed by atoms with Crippen molar-refractivity contribution in [2.45, 2.75) is 43.6 Å². The zero-order valence-corrected chi connectivity index (χ0v) is 13.8. The van der Waals surface area contributed by atoms with Crippen LogP contribution in [0.25, 0.3) is 0 Å². The third-order valence-corrected chi connectivity index (χ3v) is 5.33. The summed E-state index contributed by atoms with van der Waals surface area (Å²) in [6, 6.07) is 6.26. The Kier molecular flexibility index (Phi) is 4.59. The highest BCUT2D eigenvalue weighted by molar-refractivity contribution is 5.51. The van der Waals surface area contributed by atoms with Gasteiger partial charge in [0.25, 0.3) is 0 Å². The van der Waals surface area contributed by atoms with Crippen LogP contribution in [-0.4, -0.2) is 44.8 Å². The molecule has 1 saturated carbocycles. The number of hydrogen-bond acceptors (Lipinski definition) is 4. The van der Waals surface area contributed by atoms with Crippen molar-refractivity contribution in [2.24, 2.45) is 5.73 Å². The van der Waals surface area contributed by atoms with Crippen LogP contribution in [0.15, 0.2) is 18.2 Å². The van der Waals surface area contributed by atoms with Gasteiger partial charge in [0.05, 0.1) is 7.11 Å². The normalized spacial score (nSPS) is 24.6. The summed E-state index contributed by atoms with van der Waals surface area (Å²) in [7, 11) is 3.89. The van der Waals surface area contributed by atoms with E-state index in [0.717, 1.165) is 43.9 Å². The molecule has 1 atom stereocenters. The number of nitrogens with zero attached hydrogens (tertiary/aromatic N) is 1. The molecule has 0 spiro atoms. The summed E-state index contributed by atoms with van der Waals surface area (Å²) in [4.78, 5) is 2.33. The summed E-state index contributed by atoms with van der Waals surface area (Å²) in [6.45, 7) is 2.82. The minimum atomic E-state index is 0.0913. The molecular weight excluding hydrogens is 276 g/mol. The van der Waals surface area contributed by atoms with E-state index in [0.29, 0.717) is 6.54 Å². The van der Waals surface area contributed by atoms with E-state index >= 15 is 0 Å². The number of benzene rings is 1. The van der Waals surface area contributed by atoms with E-state index in [1.54, 1.807) is 7.11 Å². The SMILES string of the molecule is COc1c(OC2CCCN(C)C2)cccc1C1(CN)CCC1. The van der Waals surface area contributed by atoms with Crippen LogP contribution in [0.2, 0.25) is 0 Å². The summed E-state index contributed by atoms with van der Waals surface area (Å²) in [5.74, 6) is 1.76. The Balaban J connectivity index is 1.85. The molecular formula is C18H28N2O2. The van der Waals surface area contributed by atoms with Crippen LogP contribution in [0.5, 0.6) is 11.5 Å². The lowest BCUT2D eigenvalue weighted by molar-refractivity contribution is 0.100. The molecule has 0 radical (unpaired) electrons. The Labute approximate surface area is 133 Å². The summed E-state index contributed by atoms with van der Waals surface area (Å²) < 4.78 is 12.0. The molecule has 2 N–H and O–H groups in total. The average molecular weight is 304 g/mol. The number of methoxy groups -OCH3 is 1. The molecule has 4 nitrogen and oxygen atoms in total. The summed E-state index contributed by atoms with van der Waals surface area (Å²) in [5, 5.41) is 0. The molecule has 1 aliphatic heterocycles. The molecule has 2 aliphatic rings. The number of likely N-dealkylation sites (N-methyl/N-ethyl adjacent to an activating group) is 1. The van der Waals surface area contributed by atoms with Gasteiger partial charge in [0, 0.05) is 24.1 Å². The van der Waals surface area contributed by atoms with Crippen LogP contribution in [0.1, 0.15) is 37.7 Å². The van der Waals surface area contributed by atoms with E-state index in [2.05, 4.69) is 24.1 Å². The van der Waals surface area contributed by atoms with Crippen molar-refractivity contribution < 1.29 is 9.47 Å². The second kappa shape index (κ2) is 6.47. The van der Waals surface area contributed by atoms with Gasteiger partial charge in [-0.25, -0.2) is 0 Å². The molecule has 0 amide bonds. The number of rotatable bonds is 5. The third-order valence-electron chi connectivity index (χ3n) is 5.33. The van der Waals surface area contributed by atoms with Gasteiger partial charge < -0.3 is 20.1 Å². The molecule has 3 rings (SSSR count). The quantitative estimate of drug-likeness (QED) is 0.908. The number of hydrogen-bond donors (Lipinski definition) is 1. The molecule has 1 heterocycles. The minimum absolute atomic E-state index is 0.0913. The molecule has 1 aliphatic carbocycles. The van der Waals surface area contributed by atoms with Gasteiger partial charge >= 0.3 is 0 Å². The van der Waals surface area contributed by atoms with Crippen LogP contribution in [-0.2, 0) is 5.41 Å². The standard InChI is InChI=1S/C18H28N2O2/c1-20-11-4-6-14(12-20)22-16-8-3-7-15(17(16)21-2)18(13-19)9-5-10-18/h3,7-8,14H,4-6,9-13,19H2,1-2H3. The van der Waals surface area contributed by atoms with E-state index in [1.165, 1.54) is 18.4 Å². The fourth-order valence-electron chi connectivity index (χ4n) is 3.82. The maximum atomic E-state index is 6.29. The summed E-state index contributed by atoms with van der Waals surface area (Å²) in [6.07, 6.45) is 6.09. The highest BCUT2D eigenvalue weighted by Crippen LogP contribution is 2.49. The van der Waals surface area contributed by atoms with Crippen molar-refractivity contribution in [3.63, 3.8) is 0 Å². The minimum Gasteiger partial charge on any atom is -0.493 e. The van der Waals surface area contributed by atoms with Gasteiger partial charge in [-0.3, -0.25) is 0 Å². The van der Waals surface area contributed by atoms with Gasteiger partial charge in [0.15, 0.2) is 11.5 Å². The van der Waals surface area contributed by atoms with Crippen LogP contribution in [0.3, 0.4) is 0 Å². The lowest BCUT2D eigenvalue weighted by Crippen LogP contribution is -2.42. The Bertz CT molecular complexity index is 508. The summed E-state index contributed by atoms with van der Waals surface area (Å²) >= 11 is 0. The first-order chi connectivity index (χ1) is 10.7. The first kappa shape index (κ1) is 15.6. The van der Waals surface area contributed by atoms with Gasteiger partial charge in [-0.1, -0.05) is 18.6 Å². The molecule has 22 heavy (non-hydrogen) atoms. The van der Waals surface area contributed by atoms with E-state index in [9.17, 15) is 0 Å². The number of piperidine rings is 1. The Morgan fingerprint density at radius 3 is 2.73 bits per heavy atom. The van der Waals surface area contributed by atoms with Crippen molar-refractivity contribution in [2.75, 3.05) is 33.8 Å². The van der Waals surface area contributed by atoms with Crippen LogP contribution in [0.4, 0.5) is 0 Å². The monoisotopic (exact) mass is 304 g/mol. The maximum Gasteiger partial charge on any atom is 0.164 e. The highest BCUT2D eigenvalue weighted by atomic mass is 16.5. The smallest absolute Gasteiger partial charge is 0.164 e. The van der Waals surface area contributed by atoms with Crippen molar-refractivity contribution in [3.05, 3.63) is 23.8 Å². The molecule has 1 aromatic rings. The van der Waals surface area contributed by atoms with Crippen molar-refractivity contribution in [3.8, 4) is 11.5 Å². The predicted octanol–water partition coefficient (Wildman–Crippen LogP) is 2.55. The van der Waals surface area contributed by atoms with Crippen molar-refractivity contribution in [1.82, 2.24) is 4.90 Å². The molecule has 1 aromatic carbocycles. The van der Waals surface area contributed by atoms with Crippen LogP contribution < -0.4 is 15.2 Å². The number of ether oxygens (including phenoxy) is 2. The van der Waals surface area contributed by atoms with E-state index in [4.69, 9.17) is 15.2 Å². The van der Waals surface area contributed by atoms with Gasteiger partial charge in [-0.05, 0) is 45.3 Å². The largest absolute Gasteiger partial charge is 0.493 e. The molecule has 122 valence electrons. The molecule has 2 fully saturated rings. The molecule has 0 bridgehead atoms. The lowest BCUT2D eigenvalue weighted by atomic mass is 9.64. The highest BCUT2D eigenvalue weighted by Gasteiger charge is 2.40. The lowest BCUT2D eigenvalue weighted by Gasteiger charge is -2.42. The van der Waals surface area contributed by atoms with Crippen LogP contribution in [0, 0.1) is 0 Å². The molecule has 1 unspecified atom stereocenters. The number of likely N-dealkylation sites (tertiary alicyclic amines) is 1. The van der Waals surface area contributed by atoms with Crippen molar-refractivity contribution in [1.29, 1.82) is 0 Å². The van der Waals surface area contributed by atoms with Gasteiger partial charge in [-0.15, -0.1) is 0 Å². The maximum absolute atomic E-state index is 6.29. The predicted molar refractivity (Wildman–Crippen MR) is 88.7 cm³/mol. The topological polar surface area (TPSA) is 47.7 Å². The summed E-state index contributed by atoms with van der Waals surface area (Å²) in [5.41, 5.74) is 7.39. The first-order valence-electron chi connectivity index (χ1n) is 8.41. The van der Waals surface area contributed by atoms with Crippen LogP contribution >= 0.6 is 0 Å². The fraction of sp³-hybridized carbons (Fsp3) is 0.667. The second-order valence-electron chi connectivity index (χ2n) is 6.82. The number of nitrogens with two attached hydrogens (primary N) is 1. The zero-order valence-electron chi connectivity index (χ0n) is 13.8. The van der Waals surface area contributed by atoms with E-state index in [-0.39, 0.29) is 11.5 Å². The average Bonchev–Trinajstić information content (AvgIpc) is 2.47. The Hall–Kier alpha value is -1.26. The molecule has 0 aromatic heterocycles. The van der Waals surface area contributed by atoms with E-state index < -0.39 is 0 Å². The van der Waals surface area contributed by atoms with Gasteiger partial charge in [-0.2, -0.15) is 0 Å². The first-order valence-corrected chi connectivity index (χ1v) is 8.41. The third kappa shape index (κ3) is 2.82. The molecule has 4 heteroatoms. The van der Waals surface area contributed by atoms with Gasteiger partial charge in [0.2, 0.25) is 0 Å². The zero-order chi connectivity index (χ0) is 15.6. The fourth-order valence-corrected chi connectivity index (χ4v) is 3.82. The van der Waals surface area contributed by atoms with Crippen molar-refractivity contribution >= 4 is 0 Å². The second-order valence-corrected chi connectivity index (χ2v) is 6.82. The Morgan fingerprint density at radius 1 is 1.32 bits per heavy atom. The van der Waals surface area contributed by atoms with Gasteiger partial charge in [0.1, 0.15) is 6.10 Å². The Morgan fingerprint density at radius 2 is 2.14 bits per heavy atom.